The van der Waals surface area contributed by atoms with Crippen LogP contribution in [0.4, 0.5) is 11.4 Å². The van der Waals surface area contributed by atoms with E-state index < -0.39 is 0 Å². The van der Waals surface area contributed by atoms with Gasteiger partial charge in [0.15, 0.2) is 0 Å². The smallest absolute Gasteiger partial charge is 0.0979 e. The summed E-state index contributed by atoms with van der Waals surface area (Å²) in [7, 11) is 0. The van der Waals surface area contributed by atoms with Gasteiger partial charge in [0.25, 0.3) is 0 Å². The summed E-state index contributed by atoms with van der Waals surface area (Å²) in [6.45, 7) is 8.49. The van der Waals surface area contributed by atoms with Crippen molar-refractivity contribution in [3.8, 4) is 0 Å². The van der Waals surface area contributed by atoms with Crippen molar-refractivity contribution in [1.29, 1.82) is 0 Å². The second kappa shape index (κ2) is 9.33. The summed E-state index contributed by atoms with van der Waals surface area (Å²) in [6.07, 6.45) is 0. The Balaban J connectivity index is 0.00000144. The summed E-state index contributed by atoms with van der Waals surface area (Å²) in [5, 5.41) is 2.47. The third kappa shape index (κ3) is 3.88. The van der Waals surface area contributed by atoms with Crippen LogP contribution in [-0.4, -0.2) is 11.4 Å². The number of aliphatic imine (C=N–C) groups is 2. The normalized spacial score (nSPS) is 14.5. The molecule has 0 spiro atoms. The van der Waals surface area contributed by atoms with Gasteiger partial charge in [-0.25, -0.2) is 9.98 Å². The summed E-state index contributed by atoms with van der Waals surface area (Å²) >= 11 is 0. The van der Waals surface area contributed by atoms with Crippen LogP contribution in [0, 0.1) is 35.1 Å². The first-order chi connectivity index (χ1) is 14.5. The summed E-state index contributed by atoms with van der Waals surface area (Å²) < 4.78 is 0. The average Bonchev–Trinajstić information content (AvgIpc) is 3.02. The maximum atomic E-state index is 5.22. The van der Waals surface area contributed by atoms with Gasteiger partial charge in [-0.3, -0.25) is 0 Å². The van der Waals surface area contributed by atoms with Crippen LogP contribution in [0.2, 0.25) is 0 Å². The SMILES string of the molecule is Cc1cccc(C)c1N=C1C(=Nc2c(C)cccc2C)c2cccc3cccc1c23.[CH3-].[Pd]. The van der Waals surface area contributed by atoms with Crippen molar-refractivity contribution >= 4 is 33.6 Å². The predicted octanol–water partition coefficient (Wildman–Crippen LogP) is 7.78. The first-order valence-electron chi connectivity index (χ1n) is 10.4. The maximum absolute atomic E-state index is 5.22. The Labute approximate surface area is 204 Å². The van der Waals surface area contributed by atoms with Crippen molar-refractivity contribution in [3.05, 3.63) is 114 Å². The van der Waals surface area contributed by atoms with Crippen molar-refractivity contribution in [2.75, 3.05) is 0 Å². The monoisotopic (exact) mass is 509 g/mol. The molecule has 0 saturated heterocycles. The fraction of sp³-hybridized carbons (Fsp3) is 0.138. The van der Waals surface area contributed by atoms with E-state index in [2.05, 4.69) is 100 Å². The van der Waals surface area contributed by atoms with E-state index in [9.17, 15) is 0 Å². The number of nitrogens with zero attached hydrogens (tertiary/aromatic N) is 2. The number of aryl methyl sites for hydroxylation is 4. The van der Waals surface area contributed by atoms with E-state index in [4.69, 9.17) is 9.98 Å². The molecule has 3 heteroatoms. The van der Waals surface area contributed by atoms with Gasteiger partial charge in [-0.15, -0.1) is 0 Å². The topological polar surface area (TPSA) is 24.7 Å². The number of benzene rings is 4. The molecule has 0 heterocycles. The van der Waals surface area contributed by atoms with Crippen molar-refractivity contribution in [3.63, 3.8) is 0 Å². The van der Waals surface area contributed by atoms with Crippen LogP contribution in [-0.2, 0) is 20.4 Å². The molecule has 0 amide bonds. The molecule has 164 valence electrons. The molecule has 0 radical (unpaired) electrons. The minimum atomic E-state index is 0. The molecule has 0 aromatic heterocycles. The standard InChI is InChI=1S/C28H24N2.CH3.Pd/c1-17-9-5-10-18(2)25(17)29-27-22-15-7-13-21-14-8-16-23(24(21)22)28(27)30-26-19(3)11-6-12-20(26)4;;/h5-16H,1-4H3;1H3;/q;-1;. The van der Waals surface area contributed by atoms with Crippen molar-refractivity contribution in [2.45, 2.75) is 27.7 Å². The van der Waals surface area contributed by atoms with Gasteiger partial charge in [0.2, 0.25) is 0 Å². The summed E-state index contributed by atoms with van der Waals surface area (Å²) in [6, 6.07) is 25.6. The zero-order valence-electron chi connectivity index (χ0n) is 19.1. The van der Waals surface area contributed by atoms with Crippen LogP contribution in [0.25, 0.3) is 10.8 Å². The molecule has 4 aromatic carbocycles. The van der Waals surface area contributed by atoms with Gasteiger partial charge in [-0.05, 0) is 55.3 Å². The number of rotatable bonds is 2. The average molecular weight is 510 g/mol. The molecule has 1 aliphatic carbocycles. The van der Waals surface area contributed by atoms with Gasteiger partial charge in [-0.2, -0.15) is 0 Å². The van der Waals surface area contributed by atoms with Crippen LogP contribution >= 0.6 is 0 Å². The Morgan fingerprint density at radius 2 is 0.844 bits per heavy atom. The minimum Gasteiger partial charge on any atom is -0.358 e. The Morgan fingerprint density at radius 1 is 0.500 bits per heavy atom. The van der Waals surface area contributed by atoms with Gasteiger partial charge in [-0.1, -0.05) is 72.8 Å². The number of hydrogen-bond donors (Lipinski definition) is 0. The third-order valence-electron chi connectivity index (χ3n) is 5.97. The number of para-hydroxylation sites is 2. The maximum Gasteiger partial charge on any atom is 0.0979 e. The van der Waals surface area contributed by atoms with Crippen LogP contribution in [0.3, 0.4) is 0 Å². The Hall–Kier alpha value is -2.86. The molecule has 0 N–H and O–H groups in total. The third-order valence-corrected chi connectivity index (χ3v) is 5.97. The fourth-order valence-corrected chi connectivity index (χ4v) is 4.40. The fourth-order valence-electron chi connectivity index (χ4n) is 4.40. The Kier molecular flexibility index (Phi) is 6.94. The van der Waals surface area contributed by atoms with Gasteiger partial charge >= 0.3 is 0 Å². The molecule has 32 heavy (non-hydrogen) atoms. The first kappa shape index (κ1) is 23.8. The second-order valence-electron chi connectivity index (χ2n) is 8.11. The molecule has 0 bridgehead atoms. The van der Waals surface area contributed by atoms with Crippen molar-refractivity contribution in [1.82, 2.24) is 0 Å². The van der Waals surface area contributed by atoms with E-state index in [-0.39, 0.29) is 27.8 Å². The van der Waals surface area contributed by atoms with Crippen LogP contribution in [0.5, 0.6) is 0 Å². The molecular weight excluding hydrogens is 483 g/mol. The van der Waals surface area contributed by atoms with E-state index in [0.29, 0.717) is 0 Å². The molecule has 5 rings (SSSR count). The van der Waals surface area contributed by atoms with E-state index in [1.165, 1.54) is 33.0 Å². The molecule has 0 saturated carbocycles. The molecule has 2 nitrogen and oxygen atoms in total. The Bertz CT molecular complexity index is 1240. The molecule has 1 aliphatic rings. The molecule has 0 fully saturated rings. The van der Waals surface area contributed by atoms with E-state index in [1.807, 2.05) is 0 Å². The van der Waals surface area contributed by atoms with Crippen molar-refractivity contribution in [2.24, 2.45) is 9.98 Å². The first-order valence-corrected chi connectivity index (χ1v) is 10.4. The quantitative estimate of drug-likeness (QED) is 0.195. The predicted molar refractivity (Wildman–Crippen MR) is 135 cm³/mol. The summed E-state index contributed by atoms with van der Waals surface area (Å²) in [4.78, 5) is 10.4. The second-order valence-corrected chi connectivity index (χ2v) is 8.11. The van der Waals surface area contributed by atoms with Gasteiger partial charge in [0.1, 0.15) is 0 Å². The molecule has 0 atom stereocenters. The molecule has 4 aromatic rings. The van der Waals surface area contributed by atoms with Gasteiger partial charge in [0.05, 0.1) is 22.8 Å². The zero-order valence-corrected chi connectivity index (χ0v) is 20.7. The van der Waals surface area contributed by atoms with Gasteiger partial charge in [0, 0.05) is 36.9 Å². The zero-order chi connectivity index (χ0) is 20.8. The Morgan fingerprint density at radius 3 is 1.22 bits per heavy atom. The van der Waals surface area contributed by atoms with E-state index in [1.54, 1.807) is 0 Å². The van der Waals surface area contributed by atoms with Gasteiger partial charge < -0.3 is 7.43 Å². The van der Waals surface area contributed by atoms with Crippen molar-refractivity contribution < 1.29 is 20.4 Å². The largest absolute Gasteiger partial charge is 0.358 e. The molecule has 0 aliphatic heterocycles. The number of hydrogen-bond acceptors (Lipinski definition) is 2. The van der Waals surface area contributed by atoms with Crippen LogP contribution in [0.15, 0.2) is 82.8 Å². The van der Waals surface area contributed by atoms with E-state index in [0.717, 1.165) is 33.9 Å². The van der Waals surface area contributed by atoms with Crippen LogP contribution < -0.4 is 0 Å². The minimum absolute atomic E-state index is 0. The van der Waals surface area contributed by atoms with E-state index >= 15 is 0 Å². The molecular formula is C29H27N2Pd-. The van der Waals surface area contributed by atoms with Crippen LogP contribution in [0.1, 0.15) is 33.4 Å². The molecule has 0 unspecified atom stereocenters. The summed E-state index contributed by atoms with van der Waals surface area (Å²) in [5.74, 6) is 0. The summed E-state index contributed by atoms with van der Waals surface area (Å²) in [5.41, 5.74) is 11.0.